The lowest BCUT2D eigenvalue weighted by molar-refractivity contribution is 0.929. The van der Waals surface area contributed by atoms with Gasteiger partial charge in [-0.2, -0.15) is 0 Å². The lowest BCUT2D eigenvalue weighted by atomic mass is 9.93. The molecule has 0 bridgehead atoms. The Morgan fingerprint density at radius 3 is 1.47 bits per heavy atom. The van der Waals surface area contributed by atoms with Crippen LogP contribution in [0, 0.1) is 0 Å². The topological polar surface area (TPSA) is 0 Å². The van der Waals surface area contributed by atoms with Crippen molar-refractivity contribution in [3.05, 3.63) is 65.4 Å². The molecule has 2 rings (SSSR count). The quantitative estimate of drug-likeness (QED) is 0.338. The lowest BCUT2D eigenvalue weighted by Gasteiger charge is -2.19. The highest BCUT2D eigenvalue weighted by atomic mass is 79.9. The Bertz CT molecular complexity index is 543. The second kappa shape index (κ2) is 7.21. The number of alkyl halides is 1. The Labute approximate surface area is 155 Å². The normalized spacial score (nSPS) is 11.1. The summed E-state index contributed by atoms with van der Waals surface area (Å²) in [6.07, 6.45) is 0. The van der Waals surface area contributed by atoms with Crippen LogP contribution in [0.1, 0.15) is 17.0 Å². The van der Waals surface area contributed by atoms with Crippen molar-refractivity contribution in [1.82, 2.24) is 0 Å². The van der Waals surface area contributed by atoms with Crippen molar-refractivity contribution in [2.24, 2.45) is 0 Å². The van der Waals surface area contributed by atoms with Crippen LogP contribution in [0.25, 0.3) is 0 Å². The molecule has 0 radical (unpaired) electrons. The first-order valence-electron chi connectivity index (χ1n) is 5.48. The third-order valence-corrected chi connectivity index (χ3v) is 5.84. The van der Waals surface area contributed by atoms with E-state index in [-0.39, 0.29) is 0 Å². The molecule has 0 saturated heterocycles. The minimum Gasteiger partial charge on any atom is -0.0918 e. The van der Waals surface area contributed by atoms with E-state index in [2.05, 4.69) is 116 Å². The van der Waals surface area contributed by atoms with Gasteiger partial charge in [-0.1, -0.05) is 91.8 Å². The summed E-state index contributed by atoms with van der Waals surface area (Å²) in [4.78, 5) is 0. The molecule has 0 aliphatic heterocycles. The molecule has 0 nitrogen and oxygen atoms in total. The standard InChI is InChI=1S/C14H9Br5/c15-7-12(10-3-1-8(16)5-13(10)18)11-4-2-9(17)6-14(11)19/h1-6,12H,7H2. The summed E-state index contributed by atoms with van der Waals surface area (Å²) in [6.45, 7) is 0. The molecule has 0 heterocycles. The van der Waals surface area contributed by atoms with Gasteiger partial charge in [-0.3, -0.25) is 0 Å². The van der Waals surface area contributed by atoms with Gasteiger partial charge in [0.2, 0.25) is 0 Å². The predicted molar refractivity (Wildman–Crippen MR) is 99.3 cm³/mol. The van der Waals surface area contributed by atoms with Crippen molar-refractivity contribution in [3.63, 3.8) is 0 Å². The maximum Gasteiger partial charge on any atom is 0.0225 e. The molecule has 0 spiro atoms. The van der Waals surface area contributed by atoms with Gasteiger partial charge in [0, 0.05) is 29.1 Å². The van der Waals surface area contributed by atoms with E-state index in [1.807, 2.05) is 0 Å². The molecule has 2 aromatic carbocycles. The third kappa shape index (κ3) is 3.94. The summed E-state index contributed by atoms with van der Waals surface area (Å²) in [5, 5.41) is 0.869. The van der Waals surface area contributed by atoms with E-state index in [1.54, 1.807) is 0 Å². The van der Waals surface area contributed by atoms with E-state index in [1.165, 1.54) is 11.1 Å². The van der Waals surface area contributed by atoms with Crippen LogP contribution < -0.4 is 0 Å². The molecule has 100 valence electrons. The number of hydrogen-bond donors (Lipinski definition) is 0. The summed E-state index contributed by atoms with van der Waals surface area (Å²) in [5.41, 5.74) is 2.53. The molecular weight excluding hydrogens is 568 g/mol. The van der Waals surface area contributed by atoms with Gasteiger partial charge in [-0.25, -0.2) is 0 Å². The van der Waals surface area contributed by atoms with Crippen LogP contribution in [0.3, 0.4) is 0 Å². The predicted octanol–water partition coefficient (Wildman–Crippen LogP) is 7.26. The van der Waals surface area contributed by atoms with E-state index in [9.17, 15) is 0 Å². The molecule has 5 heteroatoms. The number of halogens is 5. The van der Waals surface area contributed by atoms with Crippen LogP contribution in [0.5, 0.6) is 0 Å². The van der Waals surface area contributed by atoms with Crippen molar-refractivity contribution in [1.29, 1.82) is 0 Å². The molecule has 0 amide bonds. The zero-order valence-corrected chi connectivity index (χ0v) is 17.6. The largest absolute Gasteiger partial charge is 0.0918 e. The average Bonchev–Trinajstić information content (AvgIpc) is 2.34. The Hall–Kier alpha value is 0.840. The summed E-state index contributed by atoms with van der Waals surface area (Å²) in [7, 11) is 0. The minimum absolute atomic E-state index is 0.296. The highest BCUT2D eigenvalue weighted by Crippen LogP contribution is 2.37. The van der Waals surface area contributed by atoms with Crippen molar-refractivity contribution < 1.29 is 0 Å². The second-order valence-corrected chi connectivity index (χ2v) is 8.23. The monoisotopic (exact) mass is 572 g/mol. The number of hydrogen-bond acceptors (Lipinski definition) is 0. The molecule has 0 aliphatic rings. The molecule has 2 aromatic rings. The van der Waals surface area contributed by atoms with Gasteiger partial charge in [0.05, 0.1) is 0 Å². The molecule has 0 fully saturated rings. The first-order valence-corrected chi connectivity index (χ1v) is 9.78. The van der Waals surface area contributed by atoms with E-state index >= 15 is 0 Å². The highest BCUT2D eigenvalue weighted by molar-refractivity contribution is 9.11. The van der Waals surface area contributed by atoms with E-state index < -0.39 is 0 Å². The van der Waals surface area contributed by atoms with Crippen LogP contribution in [0.2, 0.25) is 0 Å². The zero-order valence-electron chi connectivity index (χ0n) is 9.64. The van der Waals surface area contributed by atoms with Crippen LogP contribution in [0.15, 0.2) is 54.3 Å². The lowest BCUT2D eigenvalue weighted by Crippen LogP contribution is -2.04. The van der Waals surface area contributed by atoms with Crippen molar-refractivity contribution in [2.75, 3.05) is 5.33 Å². The SMILES string of the molecule is BrCC(c1ccc(Br)cc1Br)c1ccc(Br)cc1Br. The molecular formula is C14H9Br5. The summed E-state index contributed by atoms with van der Waals surface area (Å²) in [6, 6.07) is 12.6. The van der Waals surface area contributed by atoms with E-state index in [0.717, 1.165) is 23.2 Å². The van der Waals surface area contributed by atoms with E-state index in [0.29, 0.717) is 5.92 Å². The summed E-state index contributed by atoms with van der Waals surface area (Å²) >= 11 is 17.9. The van der Waals surface area contributed by atoms with Gasteiger partial charge in [-0.15, -0.1) is 0 Å². The fourth-order valence-electron chi connectivity index (χ4n) is 1.90. The Balaban J connectivity index is 2.50. The molecule has 0 N–H and O–H groups in total. The van der Waals surface area contributed by atoms with E-state index in [4.69, 9.17) is 0 Å². The van der Waals surface area contributed by atoms with Gasteiger partial charge in [0.1, 0.15) is 0 Å². The molecule has 0 aliphatic carbocycles. The number of rotatable bonds is 3. The first-order chi connectivity index (χ1) is 9.02. The van der Waals surface area contributed by atoms with Crippen molar-refractivity contribution >= 4 is 79.6 Å². The highest BCUT2D eigenvalue weighted by Gasteiger charge is 2.18. The maximum atomic E-state index is 3.65. The summed E-state index contributed by atoms with van der Waals surface area (Å²) in [5.74, 6) is 0.296. The minimum atomic E-state index is 0.296. The van der Waals surface area contributed by atoms with Crippen LogP contribution in [0.4, 0.5) is 0 Å². The fraction of sp³-hybridized carbons (Fsp3) is 0.143. The zero-order chi connectivity index (χ0) is 14.0. The molecule has 0 unspecified atom stereocenters. The fourth-order valence-corrected chi connectivity index (χ4v) is 5.25. The van der Waals surface area contributed by atoms with Crippen LogP contribution >= 0.6 is 79.6 Å². The maximum absolute atomic E-state index is 3.65. The molecule has 0 saturated carbocycles. The average molecular weight is 577 g/mol. The first kappa shape index (κ1) is 16.2. The Morgan fingerprint density at radius 1 is 0.737 bits per heavy atom. The van der Waals surface area contributed by atoms with Crippen LogP contribution in [-0.2, 0) is 0 Å². The Morgan fingerprint density at radius 2 is 1.16 bits per heavy atom. The summed E-state index contributed by atoms with van der Waals surface area (Å²) < 4.78 is 4.37. The second-order valence-electron chi connectivity index (χ2n) is 4.04. The van der Waals surface area contributed by atoms with Gasteiger partial charge in [0.15, 0.2) is 0 Å². The van der Waals surface area contributed by atoms with Gasteiger partial charge in [-0.05, 0) is 35.4 Å². The van der Waals surface area contributed by atoms with Gasteiger partial charge >= 0.3 is 0 Å². The van der Waals surface area contributed by atoms with Gasteiger partial charge in [0.25, 0.3) is 0 Å². The Kier molecular flexibility index (Phi) is 6.15. The van der Waals surface area contributed by atoms with Crippen LogP contribution in [-0.4, -0.2) is 5.33 Å². The number of benzene rings is 2. The van der Waals surface area contributed by atoms with Crippen molar-refractivity contribution in [2.45, 2.75) is 5.92 Å². The third-order valence-electron chi connectivity index (χ3n) is 2.83. The molecule has 0 atom stereocenters. The molecule has 19 heavy (non-hydrogen) atoms. The smallest absolute Gasteiger partial charge is 0.0225 e. The van der Waals surface area contributed by atoms with Crippen molar-refractivity contribution in [3.8, 4) is 0 Å². The van der Waals surface area contributed by atoms with Gasteiger partial charge < -0.3 is 0 Å². The molecule has 0 aromatic heterocycles.